The fourth-order valence-electron chi connectivity index (χ4n) is 9.78. The molecule has 244 valence electrons. The Bertz CT molecular complexity index is 956. The van der Waals surface area contributed by atoms with Gasteiger partial charge in [0.05, 0.1) is 39.4 Å². The summed E-state index contributed by atoms with van der Waals surface area (Å²) in [4.78, 5) is 14.8. The van der Waals surface area contributed by atoms with Gasteiger partial charge in [-0.2, -0.15) is 0 Å². The van der Waals surface area contributed by atoms with E-state index in [9.17, 15) is 4.79 Å². The molecule has 0 aromatic rings. The summed E-state index contributed by atoms with van der Waals surface area (Å²) in [6, 6.07) is 0. The lowest BCUT2D eigenvalue weighted by atomic mass is 9.47. The number of ether oxygens (including phenoxy) is 1. The van der Waals surface area contributed by atoms with E-state index in [2.05, 4.69) is 62.0 Å². The lowest BCUT2D eigenvalue weighted by Gasteiger charge is -2.58. The van der Waals surface area contributed by atoms with Crippen LogP contribution in [0.3, 0.4) is 0 Å². The first-order chi connectivity index (χ1) is 20.6. The fraction of sp³-hybridized carbons (Fsp3) is 0.853. The summed E-state index contributed by atoms with van der Waals surface area (Å²) < 4.78 is 6.11. The van der Waals surface area contributed by atoms with Gasteiger partial charge in [0.15, 0.2) is 0 Å². The summed E-state index contributed by atoms with van der Waals surface area (Å²) in [6.07, 6.45) is 18.2. The Hall–Kier alpha value is -2.13. The van der Waals surface area contributed by atoms with Crippen LogP contribution in [0, 0.1) is 57.2 Å². The molecule has 6 N–H and O–H groups in total. The minimum absolute atomic E-state index is 0.0957. The van der Waals surface area contributed by atoms with E-state index in [0.717, 1.165) is 67.4 Å². The van der Waals surface area contributed by atoms with Gasteiger partial charge < -0.3 is 15.4 Å². The van der Waals surface area contributed by atoms with Gasteiger partial charge >= 0.3 is 6.09 Å². The fourth-order valence-corrected chi connectivity index (χ4v) is 9.78. The van der Waals surface area contributed by atoms with Crippen LogP contribution in [0.1, 0.15) is 105 Å². The Morgan fingerprint density at radius 3 is 2.35 bits per heavy atom. The van der Waals surface area contributed by atoms with Gasteiger partial charge in [-0.3, -0.25) is 26.4 Å². The molecule has 0 saturated heterocycles. The lowest BCUT2D eigenvalue weighted by molar-refractivity contribution is -0.0594. The second kappa shape index (κ2) is 15.2. The maximum absolute atomic E-state index is 13.2. The van der Waals surface area contributed by atoms with E-state index in [1.807, 2.05) is 0 Å². The van der Waals surface area contributed by atoms with Crippen molar-refractivity contribution in [3.05, 3.63) is 11.6 Å². The van der Waals surface area contributed by atoms with Crippen molar-refractivity contribution in [3.8, 4) is 0 Å². The van der Waals surface area contributed by atoms with Crippen LogP contribution in [0.25, 0.3) is 0 Å². The van der Waals surface area contributed by atoms with Gasteiger partial charge in [-0.05, 0) is 91.3 Å². The van der Waals surface area contributed by atoms with Gasteiger partial charge in [-0.15, -0.1) is 0 Å². The van der Waals surface area contributed by atoms with Crippen molar-refractivity contribution in [2.24, 2.45) is 46.3 Å². The van der Waals surface area contributed by atoms with E-state index in [4.69, 9.17) is 15.6 Å². The Balaban J connectivity index is 1.36. The molecule has 9 heteroatoms. The number of rotatable bonds is 16. The molecule has 0 radical (unpaired) electrons. The van der Waals surface area contributed by atoms with Crippen molar-refractivity contribution >= 4 is 18.8 Å². The van der Waals surface area contributed by atoms with Gasteiger partial charge in [0, 0.05) is 6.42 Å². The molecule has 0 heterocycles. The third-order valence-corrected chi connectivity index (χ3v) is 12.0. The van der Waals surface area contributed by atoms with E-state index >= 15 is 0 Å². The molecule has 3 fully saturated rings. The highest BCUT2D eigenvalue weighted by atomic mass is 16.6. The SMILES string of the molecule is CC(C)CCCC(C)C1CCC2C3CC=C4CC(OC(=O)N(CNCNC=N)CNCNC=N)CCC4(C)C3CCC12C. The summed E-state index contributed by atoms with van der Waals surface area (Å²) in [6.45, 7) is 13.8. The van der Waals surface area contributed by atoms with Crippen molar-refractivity contribution < 1.29 is 9.53 Å². The Morgan fingerprint density at radius 1 is 1.00 bits per heavy atom. The van der Waals surface area contributed by atoms with Gasteiger partial charge in [0.2, 0.25) is 0 Å². The van der Waals surface area contributed by atoms with E-state index in [1.165, 1.54) is 56.9 Å². The van der Waals surface area contributed by atoms with Gasteiger partial charge in [-0.25, -0.2) is 4.79 Å². The average Bonchev–Trinajstić information content (AvgIpc) is 3.33. The number of carbonyl (C=O) groups is 1. The highest BCUT2D eigenvalue weighted by molar-refractivity contribution is 5.67. The second-order valence-electron chi connectivity index (χ2n) is 14.9. The van der Waals surface area contributed by atoms with E-state index in [-0.39, 0.29) is 17.6 Å². The molecule has 9 nitrogen and oxygen atoms in total. The maximum atomic E-state index is 13.2. The molecule has 3 saturated carbocycles. The number of amides is 1. The molecule has 0 aromatic carbocycles. The molecule has 8 atom stereocenters. The first-order valence-electron chi connectivity index (χ1n) is 17.1. The third-order valence-electron chi connectivity index (χ3n) is 12.0. The topological polar surface area (TPSA) is 125 Å². The Kier molecular flexibility index (Phi) is 12.0. The van der Waals surface area contributed by atoms with Crippen molar-refractivity contribution in [2.45, 2.75) is 111 Å². The summed E-state index contributed by atoms with van der Waals surface area (Å²) in [5.41, 5.74) is 2.26. The minimum Gasteiger partial charge on any atom is -0.446 e. The molecule has 8 unspecified atom stereocenters. The Morgan fingerprint density at radius 2 is 1.70 bits per heavy atom. The van der Waals surface area contributed by atoms with Crippen LogP contribution in [0.2, 0.25) is 0 Å². The molecule has 0 bridgehead atoms. The van der Waals surface area contributed by atoms with Gasteiger partial charge in [0.1, 0.15) is 6.10 Å². The van der Waals surface area contributed by atoms with Crippen LogP contribution in [0.15, 0.2) is 11.6 Å². The van der Waals surface area contributed by atoms with Crippen LogP contribution in [-0.4, -0.2) is 56.4 Å². The molecule has 0 aliphatic heterocycles. The van der Waals surface area contributed by atoms with E-state index in [1.54, 1.807) is 4.90 Å². The quantitative estimate of drug-likeness (QED) is 0.0410. The van der Waals surface area contributed by atoms with Crippen LogP contribution in [0.5, 0.6) is 0 Å². The number of fused-ring (bicyclic) bond motifs is 5. The molecule has 1 amide bonds. The lowest BCUT2D eigenvalue weighted by Crippen LogP contribution is -2.51. The zero-order chi connectivity index (χ0) is 31.0. The first kappa shape index (κ1) is 33.8. The van der Waals surface area contributed by atoms with Gasteiger partial charge in [0.25, 0.3) is 0 Å². The number of allylic oxidation sites excluding steroid dienone is 1. The standard InChI is InChI=1S/C34H61N7O2/c1-24(2)7-6-8-25(3)29-11-12-30-28-10-9-26-17-27(13-15-33(26,4)31(28)14-16-34(29,30)5)43-32(42)41(22-39-20-37-18-35)23-40-21-38-19-36/h9,18-19,24-25,27-31,39-40H,6-8,10-17,20-23H2,1-5H3,(H2,35,37)(H2,36,38). The summed E-state index contributed by atoms with van der Waals surface area (Å²) in [7, 11) is 0. The largest absolute Gasteiger partial charge is 0.446 e. The van der Waals surface area contributed by atoms with Gasteiger partial charge in [-0.1, -0.05) is 65.5 Å². The average molecular weight is 600 g/mol. The zero-order valence-corrected chi connectivity index (χ0v) is 27.6. The number of hydrogen-bond donors (Lipinski definition) is 6. The van der Waals surface area contributed by atoms with E-state index < -0.39 is 0 Å². The number of hydrogen-bond acceptors (Lipinski definition) is 6. The van der Waals surface area contributed by atoms with Crippen LogP contribution < -0.4 is 21.3 Å². The molecule has 4 rings (SSSR count). The number of nitrogens with one attached hydrogen (secondary N) is 6. The minimum atomic E-state index is -0.333. The Labute approximate surface area is 261 Å². The molecular weight excluding hydrogens is 538 g/mol. The molecule has 4 aliphatic rings. The van der Waals surface area contributed by atoms with Crippen LogP contribution >= 0.6 is 0 Å². The zero-order valence-electron chi connectivity index (χ0n) is 27.6. The predicted molar refractivity (Wildman–Crippen MR) is 175 cm³/mol. The first-order valence-corrected chi connectivity index (χ1v) is 17.1. The van der Waals surface area contributed by atoms with Crippen molar-refractivity contribution in [3.63, 3.8) is 0 Å². The molecule has 4 aliphatic carbocycles. The second-order valence-corrected chi connectivity index (χ2v) is 14.9. The predicted octanol–water partition coefficient (Wildman–Crippen LogP) is 6.24. The van der Waals surface area contributed by atoms with E-state index in [0.29, 0.717) is 32.1 Å². The summed E-state index contributed by atoms with van der Waals surface area (Å²) in [5, 5.41) is 26.0. The normalized spacial score (nSPS) is 33.8. The van der Waals surface area contributed by atoms with Crippen LogP contribution in [-0.2, 0) is 4.74 Å². The smallest absolute Gasteiger partial charge is 0.412 e. The summed E-state index contributed by atoms with van der Waals surface area (Å²) in [5.74, 6) is 4.94. The number of carbonyl (C=O) groups excluding carboxylic acids is 1. The molecule has 0 spiro atoms. The van der Waals surface area contributed by atoms with Crippen molar-refractivity contribution in [1.82, 2.24) is 26.2 Å². The number of nitrogens with zero attached hydrogens (tertiary/aromatic N) is 1. The third kappa shape index (κ3) is 7.75. The molecule has 0 aromatic heterocycles. The monoisotopic (exact) mass is 599 g/mol. The molecule has 43 heavy (non-hydrogen) atoms. The highest BCUT2D eigenvalue weighted by Crippen LogP contribution is 2.67. The summed E-state index contributed by atoms with van der Waals surface area (Å²) >= 11 is 0. The highest BCUT2D eigenvalue weighted by Gasteiger charge is 2.59. The van der Waals surface area contributed by atoms with Crippen molar-refractivity contribution in [1.29, 1.82) is 10.8 Å². The van der Waals surface area contributed by atoms with Crippen LogP contribution in [0.4, 0.5) is 4.79 Å². The maximum Gasteiger partial charge on any atom is 0.412 e. The molecular formula is C34H61N7O2. The van der Waals surface area contributed by atoms with Crippen molar-refractivity contribution in [2.75, 3.05) is 26.7 Å².